The molecule has 1 unspecified atom stereocenters. The van der Waals surface area contributed by atoms with Crippen molar-refractivity contribution >= 4 is 50.9 Å². The molecule has 0 aromatic heterocycles. The number of nitrogens with zero attached hydrogens (tertiary/aromatic N) is 1. The number of unbranched alkanes of at least 4 members (excludes halogenated alkanes) is 1. The molecular weight excluding hydrogens is 468 g/mol. The van der Waals surface area contributed by atoms with Gasteiger partial charge in [0.15, 0.2) is 6.61 Å². The van der Waals surface area contributed by atoms with E-state index in [1.165, 1.54) is 12.2 Å². The van der Waals surface area contributed by atoms with Gasteiger partial charge in [-0.3, -0.25) is 19.8 Å². The second-order valence-electron chi connectivity index (χ2n) is 8.72. The first-order valence-electron chi connectivity index (χ1n) is 11.8. The number of carbonyl (C=O) groups is 3. The van der Waals surface area contributed by atoms with E-state index in [0.29, 0.717) is 5.25 Å². The lowest BCUT2D eigenvalue weighted by Gasteiger charge is -2.25. The van der Waals surface area contributed by atoms with E-state index in [1.807, 2.05) is 70.1 Å². The van der Waals surface area contributed by atoms with Crippen LogP contribution in [0.5, 0.6) is 0 Å². The average molecular weight is 499 g/mol. The van der Waals surface area contributed by atoms with Crippen molar-refractivity contribution in [3.8, 4) is 0 Å². The number of fused-ring (bicyclic) bond motifs is 2. The third-order valence-electron chi connectivity index (χ3n) is 6.17. The predicted octanol–water partition coefficient (Wildman–Crippen LogP) is 5.98. The zero-order valence-electron chi connectivity index (χ0n) is 19.3. The molecule has 1 N–H and O–H groups in total. The maximum absolute atomic E-state index is 13.2. The largest absolute Gasteiger partial charge is 0.456 e. The van der Waals surface area contributed by atoms with Gasteiger partial charge in [-0.05, 0) is 54.9 Å². The van der Waals surface area contributed by atoms with Crippen LogP contribution in [0.1, 0.15) is 56.1 Å². The van der Waals surface area contributed by atoms with E-state index < -0.39 is 24.5 Å². The van der Waals surface area contributed by atoms with Crippen LogP contribution in [0.2, 0.25) is 0 Å². The molecule has 2 aliphatic rings. The lowest BCUT2D eigenvalue weighted by atomic mass is 9.94. The molecule has 0 saturated carbocycles. The van der Waals surface area contributed by atoms with Gasteiger partial charge in [-0.2, -0.15) is 0 Å². The standard InChI is InChI=1S/C26H30N2O4S2/c1-18-16-19-8-2-5-11-22(19)28(23-12-6-4-10-21(18)23)26(31)27-24(29)17-32-25(30)13-7-3-9-20-14-15-33-34-20/h2,4-6,8,10-12,18,20H,3,7,9,13-17H2,1H3,(H,27,29,31)/t18?,20-/m0/s1. The van der Waals surface area contributed by atoms with Crippen molar-refractivity contribution in [2.45, 2.75) is 56.6 Å². The Kier molecular flexibility index (Phi) is 8.56. The summed E-state index contributed by atoms with van der Waals surface area (Å²) in [6, 6.07) is 14.9. The fraction of sp³-hybridized carbons (Fsp3) is 0.423. The molecule has 1 fully saturated rings. The van der Waals surface area contributed by atoms with Crippen LogP contribution < -0.4 is 10.2 Å². The van der Waals surface area contributed by atoms with E-state index in [0.717, 1.165) is 48.2 Å². The first-order chi connectivity index (χ1) is 16.5. The third-order valence-corrected chi connectivity index (χ3v) is 9.17. The third kappa shape index (κ3) is 6.16. The number of para-hydroxylation sites is 2. The van der Waals surface area contributed by atoms with Crippen molar-refractivity contribution in [2.24, 2.45) is 0 Å². The number of ether oxygens (including phenoxy) is 1. The summed E-state index contributed by atoms with van der Waals surface area (Å²) in [5, 5.41) is 3.09. The summed E-state index contributed by atoms with van der Waals surface area (Å²) in [5.41, 5.74) is 3.58. The summed E-state index contributed by atoms with van der Waals surface area (Å²) in [6.45, 7) is 1.67. The molecule has 180 valence electrons. The molecule has 2 aromatic rings. The van der Waals surface area contributed by atoms with Gasteiger partial charge in [0.1, 0.15) is 0 Å². The van der Waals surface area contributed by atoms with Crippen molar-refractivity contribution in [2.75, 3.05) is 17.3 Å². The summed E-state index contributed by atoms with van der Waals surface area (Å²) in [5.74, 6) is 0.386. The van der Waals surface area contributed by atoms with Crippen LogP contribution in [-0.2, 0) is 20.7 Å². The SMILES string of the molecule is CC1Cc2ccccc2N(C(=O)NC(=O)COC(=O)CCCC[C@H]2CCSS2)c2ccccc21. The van der Waals surface area contributed by atoms with Gasteiger partial charge in [-0.15, -0.1) is 0 Å². The lowest BCUT2D eigenvalue weighted by Crippen LogP contribution is -2.42. The van der Waals surface area contributed by atoms with Crippen LogP contribution in [0.25, 0.3) is 0 Å². The van der Waals surface area contributed by atoms with Gasteiger partial charge < -0.3 is 4.74 Å². The second-order valence-corrected chi connectivity index (χ2v) is 11.5. The highest BCUT2D eigenvalue weighted by molar-refractivity contribution is 8.77. The van der Waals surface area contributed by atoms with E-state index in [1.54, 1.807) is 4.90 Å². The number of carbonyl (C=O) groups excluding carboxylic acids is 3. The number of nitrogens with one attached hydrogen (secondary N) is 1. The average Bonchev–Trinajstić information content (AvgIpc) is 3.31. The number of hydrogen-bond donors (Lipinski definition) is 1. The molecule has 1 saturated heterocycles. The minimum atomic E-state index is -0.634. The highest BCUT2D eigenvalue weighted by Gasteiger charge is 2.29. The minimum Gasteiger partial charge on any atom is -0.456 e. The number of imide groups is 1. The fourth-order valence-electron chi connectivity index (χ4n) is 4.43. The Hall–Kier alpha value is -2.45. The maximum Gasteiger partial charge on any atom is 0.333 e. The molecule has 4 rings (SSSR count). The molecule has 2 aromatic carbocycles. The molecule has 34 heavy (non-hydrogen) atoms. The Morgan fingerprint density at radius 1 is 1.06 bits per heavy atom. The summed E-state index contributed by atoms with van der Waals surface area (Å²) in [7, 11) is 3.85. The van der Waals surface area contributed by atoms with Gasteiger partial charge in [0.2, 0.25) is 0 Å². The highest BCUT2D eigenvalue weighted by atomic mass is 33.1. The van der Waals surface area contributed by atoms with Crippen LogP contribution in [-0.4, -0.2) is 35.5 Å². The van der Waals surface area contributed by atoms with E-state index in [4.69, 9.17) is 4.74 Å². The van der Waals surface area contributed by atoms with E-state index >= 15 is 0 Å². The molecule has 8 heteroatoms. The van der Waals surface area contributed by atoms with Gasteiger partial charge >= 0.3 is 12.0 Å². The van der Waals surface area contributed by atoms with Gasteiger partial charge in [-0.25, -0.2) is 4.79 Å². The van der Waals surface area contributed by atoms with Gasteiger partial charge in [0.25, 0.3) is 5.91 Å². The molecule has 0 spiro atoms. The van der Waals surface area contributed by atoms with Crippen LogP contribution in [0, 0.1) is 0 Å². The summed E-state index contributed by atoms with van der Waals surface area (Å²) in [6.07, 6.45) is 5.15. The molecule has 3 amide bonds. The normalized spacial score (nSPS) is 19.0. The number of hydrogen-bond acceptors (Lipinski definition) is 6. The number of rotatable bonds is 7. The molecule has 0 aliphatic carbocycles. The van der Waals surface area contributed by atoms with E-state index in [2.05, 4.69) is 12.2 Å². The zero-order chi connectivity index (χ0) is 23.9. The first-order valence-corrected chi connectivity index (χ1v) is 14.2. The maximum atomic E-state index is 13.2. The highest BCUT2D eigenvalue weighted by Crippen LogP contribution is 2.41. The Morgan fingerprint density at radius 3 is 2.62 bits per heavy atom. The quantitative estimate of drug-likeness (QED) is 0.288. The van der Waals surface area contributed by atoms with Crippen LogP contribution in [0.4, 0.5) is 16.2 Å². The van der Waals surface area contributed by atoms with Gasteiger partial charge in [0.05, 0.1) is 11.4 Å². The number of esters is 1. The molecule has 0 bridgehead atoms. The molecule has 2 heterocycles. The summed E-state index contributed by atoms with van der Waals surface area (Å²) >= 11 is 0. The Labute approximate surface area is 208 Å². The van der Waals surface area contributed by atoms with Gasteiger partial charge in [-0.1, -0.05) is 71.3 Å². The van der Waals surface area contributed by atoms with Crippen molar-refractivity contribution in [1.29, 1.82) is 0 Å². The molecule has 0 radical (unpaired) electrons. The van der Waals surface area contributed by atoms with Crippen LogP contribution >= 0.6 is 21.6 Å². The Morgan fingerprint density at radius 2 is 1.82 bits per heavy atom. The first kappa shape index (κ1) is 24.7. The number of benzene rings is 2. The Bertz CT molecular complexity index is 1040. The second kappa shape index (κ2) is 11.8. The van der Waals surface area contributed by atoms with Crippen molar-refractivity contribution in [3.05, 3.63) is 59.7 Å². The number of amides is 3. The fourth-order valence-corrected chi connectivity index (χ4v) is 7.46. The van der Waals surface area contributed by atoms with E-state index in [9.17, 15) is 14.4 Å². The Balaban J connectivity index is 1.32. The molecular formula is C26H30N2O4S2. The summed E-state index contributed by atoms with van der Waals surface area (Å²) < 4.78 is 5.11. The number of urea groups is 1. The van der Waals surface area contributed by atoms with Crippen molar-refractivity contribution < 1.29 is 19.1 Å². The van der Waals surface area contributed by atoms with Crippen molar-refractivity contribution in [1.82, 2.24) is 5.32 Å². The number of anilines is 2. The van der Waals surface area contributed by atoms with Crippen molar-refractivity contribution in [3.63, 3.8) is 0 Å². The summed E-state index contributed by atoms with van der Waals surface area (Å²) in [4.78, 5) is 39.2. The van der Waals surface area contributed by atoms with Gasteiger partial charge in [0, 0.05) is 17.4 Å². The predicted molar refractivity (Wildman–Crippen MR) is 139 cm³/mol. The molecule has 6 nitrogen and oxygen atoms in total. The van der Waals surface area contributed by atoms with Crippen LogP contribution in [0.15, 0.2) is 48.5 Å². The molecule has 2 aliphatic heterocycles. The zero-order valence-corrected chi connectivity index (χ0v) is 21.0. The van der Waals surface area contributed by atoms with E-state index in [-0.39, 0.29) is 12.3 Å². The topological polar surface area (TPSA) is 75.7 Å². The molecule has 2 atom stereocenters. The van der Waals surface area contributed by atoms with Crippen LogP contribution in [0.3, 0.4) is 0 Å². The lowest BCUT2D eigenvalue weighted by molar-refractivity contribution is -0.148. The smallest absolute Gasteiger partial charge is 0.333 e. The monoisotopic (exact) mass is 498 g/mol. The minimum absolute atomic E-state index is 0.220.